The zero-order valence-corrected chi connectivity index (χ0v) is 9.53. The van der Waals surface area contributed by atoms with E-state index in [9.17, 15) is 0 Å². The van der Waals surface area contributed by atoms with Gasteiger partial charge >= 0.3 is 0 Å². The number of nitrogens with one attached hydrogen (secondary N) is 2. The first-order chi connectivity index (χ1) is 7.36. The van der Waals surface area contributed by atoms with Gasteiger partial charge in [0.25, 0.3) is 0 Å². The van der Waals surface area contributed by atoms with Crippen LogP contribution in [-0.2, 0) is 6.54 Å². The van der Waals surface area contributed by atoms with Crippen molar-refractivity contribution in [2.45, 2.75) is 20.4 Å². The molecule has 0 aliphatic carbocycles. The number of hydrogen-bond donors (Lipinski definition) is 2. The Kier molecular flexibility index (Phi) is 5.37. The van der Waals surface area contributed by atoms with Crippen molar-refractivity contribution in [2.24, 2.45) is 4.99 Å². The lowest BCUT2D eigenvalue weighted by Crippen LogP contribution is -2.37. The topological polar surface area (TPSA) is 41.4 Å². The lowest BCUT2D eigenvalue weighted by Gasteiger charge is -2.09. The molecule has 0 bridgehead atoms. The van der Waals surface area contributed by atoms with Crippen LogP contribution in [0.4, 0.5) is 0 Å². The van der Waals surface area contributed by atoms with Crippen molar-refractivity contribution < 1.29 is 0 Å². The van der Waals surface area contributed by atoms with Crippen LogP contribution < -0.4 is 10.6 Å². The average Bonchev–Trinajstić information content (AvgIpc) is 2.71. The molecule has 4 heteroatoms. The average molecular weight is 208 g/mol. The van der Waals surface area contributed by atoms with E-state index in [1.165, 1.54) is 0 Å². The summed E-state index contributed by atoms with van der Waals surface area (Å²) in [5, 5.41) is 6.39. The van der Waals surface area contributed by atoms with Gasteiger partial charge in [0.1, 0.15) is 0 Å². The maximum atomic E-state index is 4.45. The molecule has 0 atom stereocenters. The Labute approximate surface area is 91.4 Å². The van der Waals surface area contributed by atoms with E-state index in [1.54, 1.807) is 0 Å². The molecule has 0 saturated carbocycles. The van der Waals surface area contributed by atoms with Crippen molar-refractivity contribution in [1.82, 2.24) is 15.2 Å². The van der Waals surface area contributed by atoms with Gasteiger partial charge in [-0.1, -0.05) is 0 Å². The van der Waals surface area contributed by atoms with Crippen LogP contribution in [0, 0.1) is 0 Å². The van der Waals surface area contributed by atoms with Gasteiger partial charge in [-0.3, -0.25) is 4.99 Å². The Bertz CT molecular complexity index is 269. The van der Waals surface area contributed by atoms with Gasteiger partial charge in [-0.15, -0.1) is 0 Å². The minimum Gasteiger partial charge on any atom is -0.357 e. The van der Waals surface area contributed by atoms with E-state index in [2.05, 4.69) is 46.4 Å². The highest BCUT2D eigenvalue weighted by Gasteiger charge is 1.93. The molecule has 0 saturated heterocycles. The zero-order chi connectivity index (χ0) is 10.9. The lowest BCUT2D eigenvalue weighted by molar-refractivity contribution is 0.705. The number of rotatable bonds is 5. The normalized spacial score (nSPS) is 9.73. The maximum Gasteiger partial charge on any atom is 0.191 e. The summed E-state index contributed by atoms with van der Waals surface area (Å²) in [6.45, 7) is 7.65. The second-order valence-electron chi connectivity index (χ2n) is 3.21. The van der Waals surface area contributed by atoms with Crippen molar-refractivity contribution in [1.29, 1.82) is 0 Å². The summed E-state index contributed by atoms with van der Waals surface area (Å²) in [5.74, 6) is 0.896. The third-order valence-electron chi connectivity index (χ3n) is 1.98. The fraction of sp³-hybridized carbons (Fsp3) is 0.545. The minimum atomic E-state index is 0.796. The Morgan fingerprint density at radius 2 is 1.73 bits per heavy atom. The molecule has 0 fully saturated rings. The van der Waals surface area contributed by atoms with Gasteiger partial charge in [0.05, 0.1) is 6.54 Å². The molecule has 15 heavy (non-hydrogen) atoms. The molecule has 0 amide bonds. The summed E-state index contributed by atoms with van der Waals surface area (Å²) < 4.78 is 2.12. The predicted octanol–water partition coefficient (Wildman–Crippen LogP) is 1.06. The molecule has 1 rings (SSSR count). The highest BCUT2D eigenvalue weighted by atomic mass is 15.2. The molecule has 0 spiro atoms. The first kappa shape index (κ1) is 11.6. The van der Waals surface area contributed by atoms with Crippen LogP contribution in [0.15, 0.2) is 29.5 Å². The van der Waals surface area contributed by atoms with Gasteiger partial charge in [0.15, 0.2) is 5.96 Å². The molecule has 1 aromatic rings. The number of guanidine groups is 1. The van der Waals surface area contributed by atoms with Gasteiger partial charge < -0.3 is 15.2 Å². The fourth-order valence-electron chi connectivity index (χ4n) is 1.31. The number of hydrogen-bond acceptors (Lipinski definition) is 1. The first-order valence-electron chi connectivity index (χ1n) is 5.49. The highest BCUT2D eigenvalue weighted by molar-refractivity contribution is 5.79. The van der Waals surface area contributed by atoms with Crippen molar-refractivity contribution >= 4 is 5.96 Å². The molecule has 1 heterocycles. The van der Waals surface area contributed by atoms with Crippen LogP contribution in [0.1, 0.15) is 13.8 Å². The van der Waals surface area contributed by atoms with E-state index in [4.69, 9.17) is 0 Å². The van der Waals surface area contributed by atoms with Gasteiger partial charge in [0, 0.05) is 32.0 Å². The molecule has 84 valence electrons. The third kappa shape index (κ3) is 4.54. The summed E-state index contributed by atoms with van der Waals surface area (Å²) in [6, 6.07) is 4.05. The molecule has 0 aliphatic heterocycles. The number of nitrogens with zero attached hydrogens (tertiary/aromatic N) is 2. The Morgan fingerprint density at radius 1 is 1.13 bits per heavy atom. The van der Waals surface area contributed by atoms with E-state index in [1.807, 2.05) is 12.1 Å². The summed E-state index contributed by atoms with van der Waals surface area (Å²) in [7, 11) is 0. The van der Waals surface area contributed by atoms with Crippen molar-refractivity contribution in [3.63, 3.8) is 0 Å². The summed E-state index contributed by atoms with van der Waals surface area (Å²) in [6.07, 6.45) is 4.10. The molecule has 1 aromatic heterocycles. The maximum absolute atomic E-state index is 4.45. The summed E-state index contributed by atoms with van der Waals surface area (Å²) in [5.41, 5.74) is 0. The third-order valence-corrected chi connectivity index (χ3v) is 1.98. The molecular formula is C11H20N4. The van der Waals surface area contributed by atoms with Crippen molar-refractivity contribution in [3.8, 4) is 0 Å². The van der Waals surface area contributed by atoms with Crippen LogP contribution in [0.2, 0.25) is 0 Å². The van der Waals surface area contributed by atoms with E-state index in [-0.39, 0.29) is 0 Å². The molecular weight excluding hydrogens is 188 g/mol. The smallest absolute Gasteiger partial charge is 0.191 e. The number of aromatic nitrogens is 1. The Balaban J connectivity index is 2.32. The van der Waals surface area contributed by atoms with E-state index in [0.29, 0.717) is 0 Å². The molecule has 4 nitrogen and oxygen atoms in total. The number of aliphatic imine (C=N–C) groups is 1. The van der Waals surface area contributed by atoms with Crippen LogP contribution in [0.5, 0.6) is 0 Å². The molecule has 2 N–H and O–H groups in total. The van der Waals surface area contributed by atoms with Crippen molar-refractivity contribution in [3.05, 3.63) is 24.5 Å². The monoisotopic (exact) mass is 208 g/mol. The Morgan fingerprint density at radius 3 is 2.27 bits per heavy atom. The second kappa shape index (κ2) is 6.92. The van der Waals surface area contributed by atoms with E-state index in [0.717, 1.165) is 32.1 Å². The standard InChI is InChI=1S/C11H20N4/c1-3-12-11(13-4-2)14-7-10-15-8-5-6-9-15/h5-6,8-9H,3-4,7,10H2,1-2H3,(H2,12,13,14). The highest BCUT2D eigenvalue weighted by Crippen LogP contribution is 1.89. The molecule has 0 radical (unpaired) electrons. The van der Waals surface area contributed by atoms with E-state index >= 15 is 0 Å². The molecule has 0 aliphatic rings. The zero-order valence-electron chi connectivity index (χ0n) is 9.53. The van der Waals surface area contributed by atoms with E-state index < -0.39 is 0 Å². The van der Waals surface area contributed by atoms with Gasteiger partial charge in [-0.05, 0) is 26.0 Å². The first-order valence-corrected chi connectivity index (χ1v) is 5.49. The molecule has 0 unspecified atom stereocenters. The van der Waals surface area contributed by atoms with Crippen molar-refractivity contribution in [2.75, 3.05) is 19.6 Å². The van der Waals surface area contributed by atoms with Gasteiger partial charge in [0.2, 0.25) is 0 Å². The SMILES string of the molecule is CCNC(=NCCn1cccc1)NCC. The predicted molar refractivity (Wildman–Crippen MR) is 64.1 cm³/mol. The molecule has 0 aromatic carbocycles. The quantitative estimate of drug-likeness (QED) is 0.561. The minimum absolute atomic E-state index is 0.796. The lowest BCUT2D eigenvalue weighted by atomic mass is 10.6. The fourth-order valence-corrected chi connectivity index (χ4v) is 1.31. The van der Waals surface area contributed by atoms with Crippen LogP contribution in [-0.4, -0.2) is 30.2 Å². The summed E-state index contributed by atoms with van der Waals surface area (Å²) >= 11 is 0. The second-order valence-corrected chi connectivity index (χ2v) is 3.21. The van der Waals surface area contributed by atoms with Crippen LogP contribution in [0.25, 0.3) is 0 Å². The summed E-state index contributed by atoms with van der Waals surface area (Å²) in [4.78, 5) is 4.45. The van der Waals surface area contributed by atoms with Gasteiger partial charge in [-0.2, -0.15) is 0 Å². The van der Waals surface area contributed by atoms with Crippen LogP contribution >= 0.6 is 0 Å². The largest absolute Gasteiger partial charge is 0.357 e. The van der Waals surface area contributed by atoms with Gasteiger partial charge in [-0.25, -0.2) is 0 Å². The Hall–Kier alpha value is -1.45. The van der Waals surface area contributed by atoms with Crippen LogP contribution in [0.3, 0.4) is 0 Å².